The fourth-order valence-electron chi connectivity index (χ4n) is 3.05. The number of rotatable bonds is 4. The van der Waals surface area contributed by atoms with Gasteiger partial charge in [0.1, 0.15) is 0 Å². The molecule has 0 aliphatic carbocycles. The molecule has 0 radical (unpaired) electrons. The number of anilines is 1. The molecule has 110 valence electrons. The second kappa shape index (κ2) is 6.10. The molecule has 0 bridgehead atoms. The number of carbonyl (C=O) groups excluding carboxylic acids is 1. The van der Waals surface area contributed by atoms with Gasteiger partial charge in [-0.2, -0.15) is 0 Å². The van der Waals surface area contributed by atoms with Gasteiger partial charge >= 0.3 is 5.97 Å². The zero-order valence-electron chi connectivity index (χ0n) is 11.9. The van der Waals surface area contributed by atoms with E-state index < -0.39 is 0 Å². The Morgan fingerprint density at radius 2 is 2.40 bits per heavy atom. The minimum Gasteiger partial charge on any atom is -0.469 e. The normalized spacial score (nSPS) is 22.9. The summed E-state index contributed by atoms with van der Waals surface area (Å²) in [4.78, 5) is 20.8. The van der Waals surface area contributed by atoms with Crippen molar-refractivity contribution in [3.05, 3.63) is 11.1 Å². The van der Waals surface area contributed by atoms with Gasteiger partial charge in [-0.25, -0.2) is 4.98 Å². The summed E-state index contributed by atoms with van der Waals surface area (Å²) in [6.45, 7) is 4.59. The predicted octanol–water partition coefficient (Wildman–Crippen LogP) is 1.53. The number of hydrogen-bond donors (Lipinski definition) is 0. The molecule has 2 fully saturated rings. The largest absolute Gasteiger partial charge is 0.469 e. The number of aryl methyl sites for hydroxylation is 1. The van der Waals surface area contributed by atoms with E-state index in [1.54, 1.807) is 11.3 Å². The fourth-order valence-corrected chi connectivity index (χ4v) is 3.95. The molecule has 0 saturated carbocycles. The van der Waals surface area contributed by atoms with Crippen molar-refractivity contribution in [3.8, 4) is 0 Å². The van der Waals surface area contributed by atoms with E-state index in [1.165, 1.54) is 26.5 Å². The predicted molar refractivity (Wildman–Crippen MR) is 79.3 cm³/mol. The van der Waals surface area contributed by atoms with Crippen LogP contribution in [0.1, 0.15) is 25.0 Å². The summed E-state index contributed by atoms with van der Waals surface area (Å²) >= 11 is 1.69. The SMILES string of the molecule is COC(=O)CCc1csc(N2CCN3CCCC3C2)n1. The van der Waals surface area contributed by atoms with Crippen LogP contribution in [0.2, 0.25) is 0 Å². The van der Waals surface area contributed by atoms with E-state index in [9.17, 15) is 4.79 Å². The standard InChI is InChI=1S/C14H21N3O2S/c1-19-13(18)5-4-11-10-20-14(15-11)17-8-7-16-6-2-3-12(16)9-17/h10,12H,2-9H2,1H3. The highest BCUT2D eigenvalue weighted by Gasteiger charge is 2.31. The number of thiazole rings is 1. The van der Waals surface area contributed by atoms with Crippen LogP contribution in [0.4, 0.5) is 5.13 Å². The van der Waals surface area contributed by atoms with Crippen molar-refractivity contribution in [2.24, 2.45) is 0 Å². The van der Waals surface area contributed by atoms with Gasteiger partial charge in [0.15, 0.2) is 5.13 Å². The lowest BCUT2D eigenvalue weighted by Gasteiger charge is -2.37. The number of nitrogens with zero attached hydrogens (tertiary/aromatic N) is 3. The molecule has 0 amide bonds. The maximum Gasteiger partial charge on any atom is 0.305 e. The molecule has 0 spiro atoms. The van der Waals surface area contributed by atoms with Gasteiger partial charge in [0.25, 0.3) is 0 Å². The number of hydrogen-bond acceptors (Lipinski definition) is 6. The molecule has 1 unspecified atom stereocenters. The number of piperazine rings is 1. The Balaban J connectivity index is 1.57. The molecule has 2 saturated heterocycles. The highest BCUT2D eigenvalue weighted by molar-refractivity contribution is 7.13. The second-order valence-electron chi connectivity index (χ2n) is 5.48. The first-order valence-corrected chi connectivity index (χ1v) is 8.14. The van der Waals surface area contributed by atoms with Crippen molar-refractivity contribution in [2.45, 2.75) is 31.7 Å². The maximum atomic E-state index is 11.2. The van der Waals surface area contributed by atoms with E-state index in [0.29, 0.717) is 18.9 Å². The molecule has 2 aliphatic rings. The topological polar surface area (TPSA) is 45.7 Å². The van der Waals surface area contributed by atoms with E-state index in [2.05, 4.69) is 24.9 Å². The van der Waals surface area contributed by atoms with Crippen LogP contribution in [0.3, 0.4) is 0 Å². The Kier molecular flexibility index (Phi) is 4.21. The Morgan fingerprint density at radius 3 is 3.25 bits per heavy atom. The first-order chi connectivity index (χ1) is 9.76. The molecule has 1 aromatic rings. The van der Waals surface area contributed by atoms with Gasteiger partial charge in [-0.3, -0.25) is 9.69 Å². The maximum absolute atomic E-state index is 11.2. The van der Waals surface area contributed by atoms with Crippen LogP contribution in [-0.2, 0) is 16.0 Å². The van der Waals surface area contributed by atoms with Crippen LogP contribution < -0.4 is 4.90 Å². The van der Waals surface area contributed by atoms with Crippen molar-refractivity contribution in [2.75, 3.05) is 38.2 Å². The smallest absolute Gasteiger partial charge is 0.305 e. The van der Waals surface area contributed by atoms with Gasteiger partial charge in [-0.05, 0) is 19.4 Å². The van der Waals surface area contributed by atoms with Crippen molar-refractivity contribution < 1.29 is 9.53 Å². The molecule has 6 heteroatoms. The monoisotopic (exact) mass is 295 g/mol. The first-order valence-electron chi connectivity index (χ1n) is 7.26. The number of methoxy groups -OCH3 is 1. The summed E-state index contributed by atoms with van der Waals surface area (Å²) in [6, 6.07) is 0.714. The summed E-state index contributed by atoms with van der Waals surface area (Å²) in [5.41, 5.74) is 1.00. The van der Waals surface area contributed by atoms with Crippen LogP contribution in [0.15, 0.2) is 5.38 Å². The van der Waals surface area contributed by atoms with Crippen molar-refractivity contribution in [1.29, 1.82) is 0 Å². The summed E-state index contributed by atoms with van der Waals surface area (Å²) in [7, 11) is 1.43. The van der Waals surface area contributed by atoms with Crippen LogP contribution in [-0.4, -0.2) is 55.2 Å². The summed E-state index contributed by atoms with van der Waals surface area (Å²) in [5, 5.41) is 3.18. The first kappa shape index (κ1) is 13.8. The minimum atomic E-state index is -0.167. The number of fused-ring (bicyclic) bond motifs is 1. The van der Waals surface area contributed by atoms with Gasteiger partial charge in [0.05, 0.1) is 19.2 Å². The van der Waals surface area contributed by atoms with E-state index in [0.717, 1.165) is 30.5 Å². The molecule has 5 nitrogen and oxygen atoms in total. The minimum absolute atomic E-state index is 0.167. The van der Waals surface area contributed by atoms with E-state index in [4.69, 9.17) is 0 Å². The summed E-state index contributed by atoms with van der Waals surface area (Å²) in [5.74, 6) is -0.167. The highest BCUT2D eigenvalue weighted by atomic mass is 32.1. The molecule has 3 rings (SSSR count). The number of esters is 1. The van der Waals surface area contributed by atoms with Gasteiger partial charge in [0.2, 0.25) is 0 Å². The molecule has 0 N–H and O–H groups in total. The molecule has 1 aromatic heterocycles. The molecule has 0 aromatic carbocycles. The number of carbonyl (C=O) groups is 1. The van der Waals surface area contributed by atoms with Crippen molar-refractivity contribution >= 4 is 22.4 Å². The van der Waals surface area contributed by atoms with Gasteiger partial charge in [-0.15, -0.1) is 11.3 Å². The summed E-state index contributed by atoms with van der Waals surface area (Å²) < 4.78 is 4.66. The van der Waals surface area contributed by atoms with Gasteiger partial charge < -0.3 is 9.64 Å². The van der Waals surface area contributed by atoms with Crippen LogP contribution in [0.25, 0.3) is 0 Å². The molecule has 2 aliphatic heterocycles. The molecular weight excluding hydrogens is 274 g/mol. The molecule has 3 heterocycles. The molecule has 20 heavy (non-hydrogen) atoms. The Bertz CT molecular complexity index is 477. The van der Waals surface area contributed by atoms with Crippen LogP contribution >= 0.6 is 11.3 Å². The molecule has 1 atom stereocenters. The zero-order chi connectivity index (χ0) is 13.9. The Labute approximate surface area is 123 Å². The third-order valence-corrected chi connectivity index (χ3v) is 5.16. The third kappa shape index (κ3) is 2.96. The Morgan fingerprint density at radius 1 is 1.50 bits per heavy atom. The van der Waals surface area contributed by atoms with Gasteiger partial charge in [0, 0.05) is 37.5 Å². The summed E-state index contributed by atoms with van der Waals surface area (Å²) in [6.07, 6.45) is 3.74. The van der Waals surface area contributed by atoms with Crippen molar-refractivity contribution in [1.82, 2.24) is 9.88 Å². The number of ether oxygens (including phenoxy) is 1. The van der Waals surface area contributed by atoms with Crippen LogP contribution in [0.5, 0.6) is 0 Å². The quantitative estimate of drug-likeness (QED) is 0.788. The fraction of sp³-hybridized carbons (Fsp3) is 0.714. The van der Waals surface area contributed by atoms with E-state index in [1.807, 2.05) is 0 Å². The van der Waals surface area contributed by atoms with Crippen molar-refractivity contribution in [3.63, 3.8) is 0 Å². The average Bonchev–Trinajstić information content (AvgIpc) is 3.12. The lowest BCUT2D eigenvalue weighted by Crippen LogP contribution is -2.50. The second-order valence-corrected chi connectivity index (χ2v) is 6.31. The highest BCUT2D eigenvalue weighted by Crippen LogP contribution is 2.27. The Hall–Kier alpha value is -1.14. The van der Waals surface area contributed by atoms with Gasteiger partial charge in [-0.1, -0.05) is 0 Å². The lowest BCUT2D eigenvalue weighted by molar-refractivity contribution is -0.140. The average molecular weight is 295 g/mol. The molecular formula is C14H21N3O2S. The third-order valence-electron chi connectivity index (χ3n) is 4.21. The van der Waals surface area contributed by atoms with Crippen LogP contribution in [0, 0.1) is 0 Å². The number of aromatic nitrogens is 1. The van der Waals surface area contributed by atoms with E-state index in [-0.39, 0.29) is 5.97 Å². The zero-order valence-corrected chi connectivity index (χ0v) is 12.7. The lowest BCUT2D eigenvalue weighted by atomic mass is 10.2. The van der Waals surface area contributed by atoms with E-state index >= 15 is 0 Å².